The van der Waals surface area contributed by atoms with Gasteiger partial charge in [-0.1, -0.05) is 25.5 Å². The summed E-state index contributed by atoms with van der Waals surface area (Å²) in [6.07, 6.45) is 5.93. The molecule has 0 unspecified atom stereocenters. The van der Waals surface area contributed by atoms with Gasteiger partial charge in [0, 0.05) is 26.2 Å². The molecule has 4 nitrogen and oxygen atoms in total. The molecule has 0 N–H and O–H groups in total. The summed E-state index contributed by atoms with van der Waals surface area (Å²) in [5.41, 5.74) is 1.47. The van der Waals surface area contributed by atoms with Gasteiger partial charge < -0.3 is 9.64 Å². The molecule has 2 atom stereocenters. The number of carbonyl (C=O) groups excluding carboxylic acids is 1. The molecule has 2 saturated heterocycles. The number of hydrogen-bond acceptors (Lipinski definition) is 3. The largest absolute Gasteiger partial charge is 0.379 e. The predicted octanol–water partition coefficient (Wildman–Crippen LogP) is 3.19. The molecule has 0 aromatic rings. The first-order valence-corrected chi connectivity index (χ1v) is 10.1. The van der Waals surface area contributed by atoms with Gasteiger partial charge in [0.2, 0.25) is 5.91 Å². The molecular formula is C21H36N2O2. The van der Waals surface area contributed by atoms with Gasteiger partial charge in [-0.25, -0.2) is 0 Å². The Morgan fingerprint density at radius 3 is 2.36 bits per heavy atom. The Hall–Kier alpha value is -0.870. The monoisotopic (exact) mass is 348 g/mol. The molecule has 25 heavy (non-hydrogen) atoms. The van der Waals surface area contributed by atoms with E-state index in [1.807, 2.05) is 0 Å². The van der Waals surface area contributed by atoms with Crippen molar-refractivity contribution in [2.75, 3.05) is 45.9 Å². The highest BCUT2D eigenvalue weighted by atomic mass is 16.5. The zero-order chi connectivity index (χ0) is 18.0. The van der Waals surface area contributed by atoms with Crippen LogP contribution in [0.15, 0.2) is 11.6 Å². The van der Waals surface area contributed by atoms with Crippen LogP contribution in [0.5, 0.6) is 0 Å². The van der Waals surface area contributed by atoms with E-state index >= 15 is 0 Å². The SMILES string of the molecule is CC(C)=C[C@H]1[C@H](C(=O)N2CCC(CCN3CCOCC3)CC2)C1(C)C. The maximum absolute atomic E-state index is 13.0. The van der Waals surface area contributed by atoms with Gasteiger partial charge in [0.25, 0.3) is 0 Å². The molecule has 1 aliphatic carbocycles. The minimum Gasteiger partial charge on any atom is -0.379 e. The van der Waals surface area contributed by atoms with Crippen molar-refractivity contribution in [1.29, 1.82) is 0 Å². The van der Waals surface area contributed by atoms with Gasteiger partial charge in [-0.15, -0.1) is 0 Å². The number of amides is 1. The van der Waals surface area contributed by atoms with Gasteiger partial charge in [0.1, 0.15) is 0 Å². The topological polar surface area (TPSA) is 32.8 Å². The van der Waals surface area contributed by atoms with Crippen LogP contribution in [-0.4, -0.2) is 61.6 Å². The molecule has 0 bridgehead atoms. The highest BCUT2D eigenvalue weighted by Crippen LogP contribution is 2.60. The first-order chi connectivity index (χ1) is 11.9. The highest BCUT2D eigenvalue weighted by Gasteiger charge is 2.61. The molecule has 0 aromatic carbocycles. The standard InChI is InChI=1S/C21H36N2O2/c1-16(2)15-18-19(21(18,3)4)20(24)23-9-6-17(7-10-23)5-8-22-11-13-25-14-12-22/h15,17-19H,5-14H2,1-4H3/t18-,19+/m0/s1. The van der Waals surface area contributed by atoms with Gasteiger partial charge in [0.05, 0.1) is 19.1 Å². The number of allylic oxidation sites excluding steroid dienone is 2. The predicted molar refractivity (Wildman–Crippen MR) is 101 cm³/mol. The Bertz CT molecular complexity index is 496. The number of likely N-dealkylation sites (tertiary alicyclic amines) is 1. The zero-order valence-electron chi connectivity index (χ0n) is 16.6. The second kappa shape index (κ2) is 7.79. The molecule has 1 saturated carbocycles. The summed E-state index contributed by atoms with van der Waals surface area (Å²) in [7, 11) is 0. The Morgan fingerprint density at radius 1 is 1.12 bits per heavy atom. The van der Waals surface area contributed by atoms with E-state index in [9.17, 15) is 4.79 Å². The van der Waals surface area contributed by atoms with E-state index < -0.39 is 0 Å². The van der Waals surface area contributed by atoms with Crippen molar-refractivity contribution >= 4 is 5.91 Å². The van der Waals surface area contributed by atoms with Crippen LogP contribution in [0.3, 0.4) is 0 Å². The number of hydrogen-bond donors (Lipinski definition) is 0. The average molecular weight is 349 g/mol. The van der Waals surface area contributed by atoms with E-state index in [2.05, 4.69) is 43.6 Å². The normalized spacial score (nSPS) is 30.2. The molecule has 3 aliphatic rings. The third-order valence-corrected chi connectivity index (χ3v) is 6.57. The first kappa shape index (κ1) is 18.9. The molecule has 0 aromatic heterocycles. The van der Waals surface area contributed by atoms with Gasteiger partial charge in [0.15, 0.2) is 0 Å². The van der Waals surface area contributed by atoms with Crippen molar-refractivity contribution in [2.45, 2.75) is 47.0 Å². The van der Waals surface area contributed by atoms with Crippen LogP contribution in [0.1, 0.15) is 47.0 Å². The van der Waals surface area contributed by atoms with Crippen molar-refractivity contribution in [2.24, 2.45) is 23.2 Å². The summed E-state index contributed by atoms with van der Waals surface area (Å²) in [4.78, 5) is 17.6. The van der Waals surface area contributed by atoms with Crippen LogP contribution in [-0.2, 0) is 9.53 Å². The van der Waals surface area contributed by atoms with Crippen molar-refractivity contribution < 1.29 is 9.53 Å². The molecule has 142 valence electrons. The maximum atomic E-state index is 13.0. The van der Waals surface area contributed by atoms with Crippen LogP contribution in [0.2, 0.25) is 0 Å². The van der Waals surface area contributed by atoms with E-state index in [1.54, 1.807) is 0 Å². The summed E-state index contributed by atoms with van der Waals surface area (Å²) in [5.74, 6) is 1.82. The minimum absolute atomic E-state index is 0.140. The molecule has 0 spiro atoms. The molecule has 2 aliphatic heterocycles. The smallest absolute Gasteiger partial charge is 0.226 e. The number of carbonyl (C=O) groups is 1. The summed E-state index contributed by atoms with van der Waals surface area (Å²) in [5, 5.41) is 0. The van der Waals surface area contributed by atoms with Crippen molar-refractivity contribution in [1.82, 2.24) is 9.80 Å². The molecule has 3 rings (SSSR count). The lowest BCUT2D eigenvalue weighted by Gasteiger charge is -2.34. The molecule has 0 radical (unpaired) electrons. The average Bonchev–Trinajstić information content (AvgIpc) is 3.13. The van der Waals surface area contributed by atoms with Gasteiger partial charge in [-0.05, 0) is 56.9 Å². The summed E-state index contributed by atoms with van der Waals surface area (Å²) in [6, 6.07) is 0. The fraction of sp³-hybridized carbons (Fsp3) is 0.857. The number of nitrogens with zero attached hydrogens (tertiary/aromatic N) is 2. The second-order valence-electron chi connectivity index (χ2n) is 9.08. The van der Waals surface area contributed by atoms with Crippen LogP contribution in [0.25, 0.3) is 0 Å². The number of morpholine rings is 1. The second-order valence-corrected chi connectivity index (χ2v) is 9.08. The van der Waals surface area contributed by atoms with E-state index in [0.717, 1.165) is 45.3 Å². The zero-order valence-corrected chi connectivity index (χ0v) is 16.6. The van der Waals surface area contributed by atoms with Crippen molar-refractivity contribution in [3.63, 3.8) is 0 Å². The highest BCUT2D eigenvalue weighted by molar-refractivity contribution is 5.84. The summed E-state index contributed by atoms with van der Waals surface area (Å²) >= 11 is 0. The molecule has 4 heteroatoms. The van der Waals surface area contributed by atoms with Crippen LogP contribution >= 0.6 is 0 Å². The third-order valence-electron chi connectivity index (χ3n) is 6.57. The van der Waals surface area contributed by atoms with Crippen molar-refractivity contribution in [3.8, 4) is 0 Å². The van der Waals surface area contributed by atoms with E-state index in [4.69, 9.17) is 4.74 Å². The fourth-order valence-corrected chi connectivity index (χ4v) is 4.65. The molecule has 2 heterocycles. The Balaban J connectivity index is 1.43. The van der Waals surface area contributed by atoms with Crippen LogP contribution in [0, 0.1) is 23.2 Å². The third kappa shape index (κ3) is 4.46. The maximum Gasteiger partial charge on any atom is 0.226 e. The Labute approximate surface area is 153 Å². The molecule has 1 amide bonds. The number of piperidine rings is 1. The lowest BCUT2D eigenvalue weighted by Crippen LogP contribution is -2.41. The summed E-state index contributed by atoms with van der Waals surface area (Å²) in [6.45, 7) is 15.8. The fourth-order valence-electron chi connectivity index (χ4n) is 4.65. The van der Waals surface area contributed by atoms with E-state index in [-0.39, 0.29) is 11.3 Å². The number of rotatable bonds is 5. The quantitative estimate of drug-likeness (QED) is 0.716. The lowest BCUT2D eigenvalue weighted by atomic mass is 9.93. The van der Waals surface area contributed by atoms with E-state index in [0.29, 0.717) is 11.8 Å². The van der Waals surface area contributed by atoms with Gasteiger partial charge in [-0.2, -0.15) is 0 Å². The lowest BCUT2D eigenvalue weighted by molar-refractivity contribution is -0.134. The van der Waals surface area contributed by atoms with Crippen LogP contribution < -0.4 is 0 Å². The van der Waals surface area contributed by atoms with E-state index in [1.165, 1.54) is 31.4 Å². The minimum atomic E-state index is 0.140. The van der Waals surface area contributed by atoms with Gasteiger partial charge in [-0.3, -0.25) is 9.69 Å². The van der Waals surface area contributed by atoms with Crippen molar-refractivity contribution in [3.05, 3.63) is 11.6 Å². The number of ether oxygens (including phenoxy) is 1. The molecular weight excluding hydrogens is 312 g/mol. The first-order valence-electron chi connectivity index (χ1n) is 10.1. The Morgan fingerprint density at radius 2 is 1.76 bits per heavy atom. The van der Waals surface area contributed by atoms with Crippen LogP contribution in [0.4, 0.5) is 0 Å². The van der Waals surface area contributed by atoms with Gasteiger partial charge >= 0.3 is 0 Å². The Kier molecular flexibility index (Phi) is 5.89. The molecule has 3 fully saturated rings. The summed E-state index contributed by atoms with van der Waals surface area (Å²) < 4.78 is 5.42.